The molecule has 2 N–H and O–H groups in total. The van der Waals surface area contributed by atoms with Crippen molar-refractivity contribution in [2.45, 2.75) is 43.2 Å². The molecule has 0 atom stereocenters. The van der Waals surface area contributed by atoms with Gasteiger partial charge in [-0.05, 0) is 30.8 Å². The van der Waals surface area contributed by atoms with Gasteiger partial charge in [-0.1, -0.05) is 32.4 Å². The molecule has 2 heterocycles. The van der Waals surface area contributed by atoms with Gasteiger partial charge in [0.25, 0.3) is 0 Å². The van der Waals surface area contributed by atoms with Gasteiger partial charge < -0.3 is 5.73 Å². The third-order valence-electron chi connectivity index (χ3n) is 2.73. The summed E-state index contributed by atoms with van der Waals surface area (Å²) in [5, 5.41) is 2.12. The van der Waals surface area contributed by atoms with Gasteiger partial charge >= 0.3 is 0 Å². The Kier molecular flexibility index (Phi) is 4.20. The number of halogens is 1. The van der Waals surface area contributed by atoms with Crippen LogP contribution in [0.25, 0.3) is 0 Å². The van der Waals surface area contributed by atoms with Crippen molar-refractivity contribution in [2.24, 2.45) is 0 Å². The lowest BCUT2D eigenvalue weighted by molar-refractivity contribution is 0.538. The molecule has 4 nitrogen and oxygen atoms in total. The average molecular weight is 309 g/mol. The van der Waals surface area contributed by atoms with Crippen LogP contribution in [-0.2, 0) is 5.41 Å². The largest absolute Gasteiger partial charge is 0.383 e. The maximum absolute atomic E-state index is 6.14. The van der Waals surface area contributed by atoms with Gasteiger partial charge in [0.15, 0.2) is 0 Å². The molecular weight excluding hydrogens is 292 g/mol. The lowest BCUT2D eigenvalue weighted by Gasteiger charge is -2.19. The Bertz CT molecular complexity index is 638. The van der Waals surface area contributed by atoms with Gasteiger partial charge in [0, 0.05) is 17.2 Å². The van der Waals surface area contributed by atoms with E-state index < -0.39 is 0 Å². The summed E-state index contributed by atoms with van der Waals surface area (Å²) in [7, 11) is 0. The fourth-order valence-corrected chi connectivity index (χ4v) is 2.57. The summed E-state index contributed by atoms with van der Waals surface area (Å²) in [5.41, 5.74) is 6.68. The standard InChI is InChI=1S/C14H17ClN4S/c1-8-10(16)18-13(14(2,3)4)19-11(8)20-12-9(15)6-5-7-17-12/h5-7H,1-4H3,(H2,16,18,19). The van der Waals surface area contributed by atoms with Crippen LogP contribution in [-0.4, -0.2) is 15.0 Å². The molecule has 0 aromatic carbocycles. The zero-order valence-electron chi connectivity index (χ0n) is 11.9. The molecule has 0 unspecified atom stereocenters. The Balaban J connectivity index is 2.46. The van der Waals surface area contributed by atoms with Crippen LogP contribution in [0.5, 0.6) is 0 Å². The van der Waals surface area contributed by atoms with Crippen molar-refractivity contribution in [3.8, 4) is 0 Å². The van der Waals surface area contributed by atoms with Gasteiger partial charge in [-0.2, -0.15) is 0 Å². The van der Waals surface area contributed by atoms with E-state index in [1.165, 1.54) is 11.8 Å². The monoisotopic (exact) mass is 308 g/mol. The van der Waals surface area contributed by atoms with E-state index in [0.717, 1.165) is 21.4 Å². The van der Waals surface area contributed by atoms with Crippen LogP contribution in [0.3, 0.4) is 0 Å². The van der Waals surface area contributed by atoms with E-state index in [2.05, 4.69) is 35.7 Å². The Morgan fingerprint density at radius 3 is 2.50 bits per heavy atom. The minimum Gasteiger partial charge on any atom is -0.383 e. The van der Waals surface area contributed by atoms with Gasteiger partial charge in [-0.25, -0.2) is 15.0 Å². The minimum absolute atomic E-state index is 0.162. The van der Waals surface area contributed by atoms with Gasteiger partial charge in [0.2, 0.25) is 0 Å². The predicted octanol–water partition coefficient (Wildman–Crippen LogP) is 3.86. The molecule has 2 rings (SSSR count). The van der Waals surface area contributed by atoms with Crippen molar-refractivity contribution in [1.82, 2.24) is 15.0 Å². The molecule has 0 amide bonds. The van der Waals surface area contributed by atoms with Gasteiger partial charge in [0.05, 0.1) is 5.02 Å². The number of hydrogen-bond acceptors (Lipinski definition) is 5. The molecule has 0 aliphatic heterocycles. The molecule has 0 radical (unpaired) electrons. The fraction of sp³-hybridized carbons (Fsp3) is 0.357. The lowest BCUT2D eigenvalue weighted by Crippen LogP contribution is -2.18. The Hall–Kier alpha value is -1.33. The highest BCUT2D eigenvalue weighted by Crippen LogP contribution is 2.34. The summed E-state index contributed by atoms with van der Waals surface area (Å²) in [5.74, 6) is 1.22. The van der Waals surface area contributed by atoms with Gasteiger partial charge in [-0.3, -0.25) is 0 Å². The molecule has 2 aromatic heterocycles. The van der Waals surface area contributed by atoms with Crippen LogP contribution in [0.4, 0.5) is 5.82 Å². The van der Waals surface area contributed by atoms with E-state index in [0.29, 0.717) is 10.8 Å². The average Bonchev–Trinajstić information content (AvgIpc) is 2.36. The number of anilines is 1. The summed E-state index contributed by atoms with van der Waals surface area (Å²) in [6.45, 7) is 8.07. The molecule has 0 aliphatic carbocycles. The molecule has 0 bridgehead atoms. The molecule has 20 heavy (non-hydrogen) atoms. The van der Waals surface area contributed by atoms with Crippen LogP contribution in [0.1, 0.15) is 32.2 Å². The Morgan fingerprint density at radius 1 is 1.20 bits per heavy atom. The highest BCUT2D eigenvalue weighted by molar-refractivity contribution is 7.99. The number of hydrogen-bond donors (Lipinski definition) is 1. The van der Waals surface area contributed by atoms with Crippen LogP contribution >= 0.6 is 23.4 Å². The van der Waals surface area contributed by atoms with E-state index >= 15 is 0 Å². The Labute approximate surface area is 128 Å². The predicted molar refractivity (Wildman–Crippen MR) is 83.3 cm³/mol. The maximum Gasteiger partial charge on any atom is 0.137 e. The summed E-state index contributed by atoms with van der Waals surface area (Å²) in [6.07, 6.45) is 1.71. The van der Waals surface area contributed by atoms with Crippen molar-refractivity contribution in [2.75, 3.05) is 5.73 Å². The maximum atomic E-state index is 6.14. The van der Waals surface area contributed by atoms with Crippen LogP contribution in [0.15, 0.2) is 28.4 Å². The second kappa shape index (κ2) is 5.58. The molecule has 2 aromatic rings. The van der Waals surface area contributed by atoms with E-state index in [1.807, 2.05) is 6.92 Å². The number of nitrogen functional groups attached to an aromatic ring is 1. The Morgan fingerprint density at radius 2 is 1.90 bits per heavy atom. The first-order valence-corrected chi connectivity index (χ1v) is 7.41. The smallest absolute Gasteiger partial charge is 0.137 e. The first-order valence-electron chi connectivity index (χ1n) is 6.22. The molecule has 0 saturated heterocycles. The number of pyridine rings is 1. The van der Waals surface area contributed by atoms with E-state index in [-0.39, 0.29) is 5.41 Å². The first kappa shape index (κ1) is 15.1. The number of rotatable bonds is 2. The first-order chi connectivity index (χ1) is 9.29. The van der Waals surface area contributed by atoms with Crippen molar-refractivity contribution in [3.05, 3.63) is 34.7 Å². The zero-order chi connectivity index (χ0) is 14.9. The van der Waals surface area contributed by atoms with E-state index in [1.54, 1.807) is 18.3 Å². The quantitative estimate of drug-likeness (QED) is 0.853. The lowest BCUT2D eigenvalue weighted by atomic mass is 9.95. The highest BCUT2D eigenvalue weighted by Gasteiger charge is 2.21. The molecule has 0 saturated carbocycles. The van der Waals surface area contributed by atoms with Crippen molar-refractivity contribution in [1.29, 1.82) is 0 Å². The SMILES string of the molecule is Cc1c(N)nc(C(C)(C)C)nc1Sc1ncccc1Cl. The fourth-order valence-electron chi connectivity index (χ4n) is 1.49. The number of nitrogens with zero attached hydrogens (tertiary/aromatic N) is 3. The molecular formula is C14H17ClN4S. The van der Waals surface area contributed by atoms with E-state index in [9.17, 15) is 0 Å². The molecule has 0 fully saturated rings. The highest BCUT2D eigenvalue weighted by atomic mass is 35.5. The molecule has 0 spiro atoms. The van der Waals surface area contributed by atoms with Crippen LogP contribution in [0, 0.1) is 6.92 Å². The molecule has 106 valence electrons. The second-order valence-corrected chi connectivity index (χ2v) is 6.89. The summed E-state index contributed by atoms with van der Waals surface area (Å²) in [6, 6.07) is 3.61. The second-order valence-electron chi connectivity index (χ2n) is 5.51. The van der Waals surface area contributed by atoms with Gasteiger partial charge in [0.1, 0.15) is 21.7 Å². The van der Waals surface area contributed by atoms with Crippen LogP contribution < -0.4 is 5.73 Å². The van der Waals surface area contributed by atoms with Crippen molar-refractivity contribution >= 4 is 29.2 Å². The van der Waals surface area contributed by atoms with Gasteiger partial charge in [-0.15, -0.1) is 0 Å². The number of nitrogens with two attached hydrogens (primary N) is 1. The van der Waals surface area contributed by atoms with Crippen molar-refractivity contribution < 1.29 is 0 Å². The normalized spacial score (nSPS) is 11.7. The summed E-state index contributed by atoms with van der Waals surface area (Å²) < 4.78 is 0. The third kappa shape index (κ3) is 3.22. The van der Waals surface area contributed by atoms with E-state index in [4.69, 9.17) is 17.3 Å². The molecule has 6 heteroatoms. The summed E-state index contributed by atoms with van der Waals surface area (Å²) >= 11 is 7.55. The third-order valence-corrected chi connectivity index (χ3v) is 4.25. The van der Waals surface area contributed by atoms with Crippen molar-refractivity contribution in [3.63, 3.8) is 0 Å². The molecule has 0 aliphatic rings. The minimum atomic E-state index is -0.162. The summed E-state index contributed by atoms with van der Waals surface area (Å²) in [4.78, 5) is 13.2. The zero-order valence-corrected chi connectivity index (χ0v) is 13.5. The van der Waals surface area contributed by atoms with Crippen LogP contribution in [0.2, 0.25) is 5.02 Å². The number of aromatic nitrogens is 3. The topological polar surface area (TPSA) is 64.7 Å².